The normalized spacial score (nSPS) is 25.0. The number of carbonyl (C=O) groups is 7. The van der Waals surface area contributed by atoms with Gasteiger partial charge in [0.2, 0.25) is 5.78 Å². The van der Waals surface area contributed by atoms with Crippen LogP contribution in [0.1, 0.15) is 290 Å². The number of nitrogens with one attached hydrogen (secondary N) is 1. The number of nitrogens with zero attached hydrogens (tertiary/aromatic N) is 1. The van der Waals surface area contributed by atoms with Crippen LogP contribution in [0.3, 0.4) is 0 Å². The molecule has 654 valence electrons. The Morgan fingerprint density at radius 3 is 1.34 bits per heavy atom. The van der Waals surface area contributed by atoms with Crippen LogP contribution in [0.5, 0.6) is 0 Å². The maximum Gasteiger partial charge on any atom is 0.408 e. The predicted octanol–water partition coefficient (Wildman–Crippen LogP) is 21.4. The van der Waals surface area contributed by atoms with Crippen molar-refractivity contribution < 1.29 is 58.5 Å². The molecule has 17 nitrogen and oxygen atoms in total. The average molecular weight is 1730 g/mol. The molecular formula is C104H133BrN4O13. The molecule has 0 heterocycles. The molecule has 0 aromatic heterocycles. The number of ketones is 6. The third-order valence-electron chi connectivity index (χ3n) is 24.8. The highest BCUT2D eigenvalue weighted by Crippen LogP contribution is 2.42. The van der Waals surface area contributed by atoms with E-state index in [0.717, 1.165) is 151 Å². The molecule has 18 heteroatoms. The lowest BCUT2D eigenvalue weighted by molar-refractivity contribution is -0.563. The smallest absolute Gasteiger partial charge is 0.408 e. The summed E-state index contributed by atoms with van der Waals surface area (Å²) in [4.78, 5) is 95.6. The number of hydrogen-bond donors (Lipinski definition) is 6. The number of carbonyl (C=O) groups excluding carboxylic acids is 7. The number of Topliss-reactive ketones (excluding diaryl/α,β-unsaturated/α-hetero) is 6. The first-order chi connectivity index (χ1) is 57.8. The summed E-state index contributed by atoms with van der Waals surface area (Å²) < 4.78 is 6.51. The van der Waals surface area contributed by atoms with Gasteiger partial charge < -0.3 is 36.8 Å². The SMILES string of the molecule is Cc1cccc(Br)c1.Cc1cccc(C2(C)CCCC(O)C2=O)c1.Cc1cccc(C2(N)CCCC(O)C2=O)c1.Cc1cccc(C2(N)CCCCC2=O)c1.Cc1cccc(C2(NC(=O)OC(C)(C)C)CCCCC2=O)c1.Cc1cccc(C2([N+](=O)[O-])CCCCC2=O)c1.Cc1cccc(C2CCCCC2=O)c1.Cc1cccc(C2CCCCC2O)c1. The van der Waals surface area contributed by atoms with Crippen molar-refractivity contribution in [1.29, 1.82) is 0 Å². The van der Waals surface area contributed by atoms with Crippen molar-refractivity contribution in [3.05, 3.63) is 292 Å². The van der Waals surface area contributed by atoms with Gasteiger partial charge in [0.25, 0.3) is 0 Å². The second-order valence-electron chi connectivity index (χ2n) is 36.1. The Morgan fingerprint density at radius 1 is 0.434 bits per heavy atom. The lowest BCUT2D eigenvalue weighted by Crippen LogP contribution is -2.54. The Bertz CT molecular complexity index is 4780. The number of hydrogen-bond acceptors (Lipinski definition) is 15. The fraction of sp³-hybridized carbons (Fsp3) is 0.471. The maximum atomic E-state index is 12.7. The number of alkyl carbamates (subject to hydrolysis) is 1. The molecule has 7 fully saturated rings. The Labute approximate surface area is 733 Å². The second-order valence-corrected chi connectivity index (χ2v) is 37.0. The Kier molecular flexibility index (Phi) is 36.5. The average Bonchev–Trinajstić information content (AvgIpc) is 0.782. The third kappa shape index (κ3) is 26.9. The van der Waals surface area contributed by atoms with Gasteiger partial charge in [-0.15, -0.1) is 0 Å². The maximum absolute atomic E-state index is 12.7. The number of nitrogens with two attached hydrogens (primary N) is 2. The number of rotatable bonds is 9. The molecule has 0 bridgehead atoms. The zero-order valence-electron chi connectivity index (χ0n) is 74.2. The van der Waals surface area contributed by atoms with Crippen molar-refractivity contribution in [1.82, 2.24) is 5.32 Å². The Hall–Kier alpha value is -9.27. The summed E-state index contributed by atoms with van der Waals surface area (Å²) in [6.07, 6.45) is 19.1. The van der Waals surface area contributed by atoms with Gasteiger partial charge in [-0.2, -0.15) is 0 Å². The fourth-order valence-electron chi connectivity index (χ4n) is 17.8. The number of ether oxygens (including phenoxy) is 1. The van der Waals surface area contributed by atoms with Crippen molar-refractivity contribution in [3.63, 3.8) is 0 Å². The van der Waals surface area contributed by atoms with Gasteiger partial charge in [0, 0.05) is 58.9 Å². The van der Waals surface area contributed by atoms with E-state index in [2.05, 4.69) is 103 Å². The van der Waals surface area contributed by atoms with Crippen molar-refractivity contribution in [2.75, 3.05) is 0 Å². The molecule has 0 spiro atoms. The van der Waals surface area contributed by atoms with Crippen LogP contribution in [-0.4, -0.2) is 84.9 Å². The summed E-state index contributed by atoms with van der Waals surface area (Å²) in [6.45, 7) is 23.5. The quantitative estimate of drug-likeness (QED) is 0.0578. The van der Waals surface area contributed by atoms with Gasteiger partial charge in [0.05, 0.1) is 11.5 Å². The third-order valence-corrected chi connectivity index (χ3v) is 25.3. The summed E-state index contributed by atoms with van der Waals surface area (Å²) in [6, 6.07) is 63.7. The molecule has 8 N–H and O–H groups in total. The van der Waals surface area contributed by atoms with Crippen molar-refractivity contribution in [2.24, 2.45) is 11.5 Å². The first-order valence-electron chi connectivity index (χ1n) is 44.0. The second kappa shape index (κ2) is 45.4. The van der Waals surface area contributed by atoms with Crippen molar-refractivity contribution >= 4 is 56.7 Å². The van der Waals surface area contributed by atoms with Gasteiger partial charge in [-0.25, -0.2) is 4.79 Å². The molecule has 15 rings (SSSR count). The number of amides is 1. The van der Waals surface area contributed by atoms with Crippen LogP contribution in [0.25, 0.3) is 0 Å². The van der Waals surface area contributed by atoms with Crippen LogP contribution in [-0.2, 0) is 61.1 Å². The van der Waals surface area contributed by atoms with Gasteiger partial charge in [-0.3, -0.25) is 38.9 Å². The number of aryl methyl sites for hydroxylation is 8. The van der Waals surface area contributed by atoms with Crippen LogP contribution in [0.15, 0.2) is 199 Å². The van der Waals surface area contributed by atoms with Crippen molar-refractivity contribution in [2.45, 2.75) is 313 Å². The predicted molar refractivity (Wildman–Crippen MR) is 490 cm³/mol. The van der Waals surface area contributed by atoms with E-state index < -0.39 is 56.4 Å². The van der Waals surface area contributed by atoms with Crippen LogP contribution in [0, 0.1) is 65.5 Å². The summed E-state index contributed by atoms with van der Waals surface area (Å²) >= 11 is 3.36. The summed E-state index contributed by atoms with van der Waals surface area (Å²) in [7, 11) is 0. The first-order valence-corrected chi connectivity index (χ1v) is 44.8. The van der Waals surface area contributed by atoms with E-state index >= 15 is 0 Å². The molecule has 0 saturated heterocycles. The van der Waals surface area contributed by atoms with Crippen LogP contribution in [0.2, 0.25) is 0 Å². The highest BCUT2D eigenvalue weighted by Gasteiger charge is 2.53. The monoisotopic (exact) mass is 1720 g/mol. The highest BCUT2D eigenvalue weighted by molar-refractivity contribution is 9.10. The van der Waals surface area contributed by atoms with Gasteiger partial charge >= 0.3 is 11.6 Å². The van der Waals surface area contributed by atoms with Crippen LogP contribution < -0.4 is 16.8 Å². The van der Waals surface area contributed by atoms with Crippen molar-refractivity contribution in [3.8, 4) is 0 Å². The van der Waals surface area contributed by atoms with E-state index in [1.54, 1.807) is 18.2 Å². The minimum absolute atomic E-state index is 0.0237. The lowest BCUT2D eigenvalue weighted by atomic mass is 9.69. The molecule has 7 saturated carbocycles. The first kappa shape index (κ1) is 98.2. The minimum Gasteiger partial charge on any atom is -0.444 e. The summed E-state index contributed by atoms with van der Waals surface area (Å²) in [5, 5.41) is 43.5. The zero-order valence-corrected chi connectivity index (χ0v) is 75.7. The molecule has 7 aliphatic carbocycles. The van der Waals surface area contributed by atoms with Gasteiger partial charge in [0.1, 0.15) is 40.2 Å². The zero-order chi connectivity index (χ0) is 89.2. The molecule has 8 aromatic rings. The number of benzene rings is 8. The van der Waals surface area contributed by atoms with E-state index in [1.807, 2.05) is 178 Å². The lowest BCUT2D eigenvalue weighted by Gasteiger charge is -2.37. The van der Waals surface area contributed by atoms with E-state index in [0.29, 0.717) is 68.6 Å². The summed E-state index contributed by atoms with van der Waals surface area (Å²) in [5.74, 6) is 0.733. The number of aliphatic hydroxyl groups is 3. The standard InChI is InChI=1S/C18H25NO3.C14H18O2.C13H15NO3.C13H17NO2.C13H17NO.C13H18O.C13H16O.C7H7Br/c1-13-8-7-9-14(12-13)18(11-6-5-10-15(18)20)19-16(21)22-17(2,3)4;1-10-5-3-6-11(9-10)14(2)8-4-7-12(15)13(14)16;1-10-5-4-6-11(9-10)13(14(16)17)8-3-2-7-12(13)15;1-9-4-2-5-10(8-9)13(14)7-3-6-11(15)12(13)16;1-10-5-4-6-11(9-10)13(14)8-3-2-7-12(13)15;2*1-10-5-4-6-11(9-10)12-7-2-3-8-13(12)14;1-6-3-2-4-7(8)5-6/h7-9,12H,5-6,10-11H2,1-4H3,(H,19,21);3,5-6,9,12,15H,4,7-8H2,1-2H3;4-6,9H,2-3,7-8H2,1H3;2,4-5,8,11,15H,3,6-7,14H2,1H3;4-6,9H,2-3,7-8,14H2,1H3;4-6,9,12-14H,2-3,7-8H2,1H3;4-6,9,12H,2-3,7-8H2,1H3;2-5H,1H3. The summed E-state index contributed by atoms with van der Waals surface area (Å²) in [5.41, 5.74) is 23.2. The Morgan fingerprint density at radius 2 is 0.844 bits per heavy atom. The van der Waals surface area contributed by atoms with E-state index in [1.165, 1.54) is 47.1 Å². The van der Waals surface area contributed by atoms with E-state index in [4.69, 9.17) is 16.2 Å². The largest absolute Gasteiger partial charge is 0.444 e. The molecular weight excluding hydrogens is 1590 g/mol. The molecule has 0 radical (unpaired) electrons. The Balaban J connectivity index is 0.000000175. The molecule has 8 aromatic carbocycles. The molecule has 10 atom stereocenters. The molecule has 7 aliphatic rings. The van der Waals surface area contributed by atoms with Gasteiger partial charge in [-0.05, 0) is 244 Å². The minimum atomic E-state index is -1.50. The van der Waals surface area contributed by atoms with E-state index in [-0.39, 0.29) is 40.9 Å². The van der Waals surface area contributed by atoms with E-state index in [9.17, 15) is 59.0 Å². The van der Waals surface area contributed by atoms with Crippen LogP contribution >= 0.6 is 15.9 Å². The van der Waals surface area contributed by atoms with Gasteiger partial charge in [0.15, 0.2) is 23.1 Å². The number of aliphatic hydroxyl groups excluding tert-OH is 3. The number of nitro groups is 1. The fourth-order valence-corrected chi connectivity index (χ4v) is 18.3. The molecule has 122 heavy (non-hydrogen) atoms. The molecule has 0 aliphatic heterocycles. The van der Waals surface area contributed by atoms with Crippen LogP contribution in [0.4, 0.5) is 4.79 Å². The topological polar surface area (TPSA) is 297 Å². The molecule has 1 amide bonds. The number of halogens is 1. The highest BCUT2D eigenvalue weighted by atomic mass is 79.9. The molecule has 10 unspecified atom stereocenters. The van der Waals surface area contributed by atoms with Gasteiger partial charge in [-0.1, -0.05) is 262 Å².